The van der Waals surface area contributed by atoms with E-state index in [0.29, 0.717) is 5.69 Å². The summed E-state index contributed by atoms with van der Waals surface area (Å²) in [5.74, 6) is -1.89. The minimum absolute atomic E-state index is 0.0104. The lowest BCUT2D eigenvalue weighted by atomic mass is 10.1. The highest BCUT2D eigenvalue weighted by Crippen LogP contribution is 2.24. The molecule has 0 spiro atoms. The van der Waals surface area contributed by atoms with Crippen molar-refractivity contribution in [1.82, 2.24) is 4.98 Å². The second kappa shape index (κ2) is 6.36. The van der Waals surface area contributed by atoms with E-state index >= 15 is 0 Å². The standard InChI is InChI=1S/C18H12F2N2O/c19-13-10-14-16(8-9-21-18(14)15(20)11-13)22-17(23)7-6-12-4-2-1-3-5-12/h1-11H,(H,21,22,23)/b7-6+. The molecular formula is C18H12F2N2O. The number of rotatable bonds is 3. The molecule has 3 aromatic rings. The van der Waals surface area contributed by atoms with Crippen molar-refractivity contribution in [3.63, 3.8) is 0 Å². The van der Waals surface area contributed by atoms with Crippen molar-refractivity contribution in [2.75, 3.05) is 5.32 Å². The molecule has 0 atom stereocenters. The third kappa shape index (κ3) is 3.40. The summed E-state index contributed by atoms with van der Waals surface area (Å²) in [6.45, 7) is 0. The summed E-state index contributed by atoms with van der Waals surface area (Å²) in [7, 11) is 0. The molecule has 1 N–H and O–H groups in total. The largest absolute Gasteiger partial charge is 0.322 e. The van der Waals surface area contributed by atoms with Crippen LogP contribution in [0.25, 0.3) is 17.0 Å². The van der Waals surface area contributed by atoms with Gasteiger partial charge in [-0.3, -0.25) is 9.78 Å². The van der Waals surface area contributed by atoms with Gasteiger partial charge < -0.3 is 5.32 Å². The van der Waals surface area contributed by atoms with Gasteiger partial charge in [-0.25, -0.2) is 8.78 Å². The number of nitrogens with one attached hydrogen (secondary N) is 1. The smallest absolute Gasteiger partial charge is 0.248 e. The first-order valence-corrected chi connectivity index (χ1v) is 6.91. The number of nitrogens with zero attached hydrogens (tertiary/aromatic N) is 1. The quantitative estimate of drug-likeness (QED) is 0.738. The molecule has 0 radical (unpaired) electrons. The lowest BCUT2D eigenvalue weighted by Crippen LogP contribution is -2.08. The van der Waals surface area contributed by atoms with Crippen molar-refractivity contribution < 1.29 is 13.6 Å². The molecule has 0 unspecified atom stereocenters. The number of aromatic nitrogens is 1. The van der Waals surface area contributed by atoms with Gasteiger partial charge in [-0.15, -0.1) is 0 Å². The lowest BCUT2D eigenvalue weighted by Gasteiger charge is -2.07. The van der Waals surface area contributed by atoms with Gasteiger partial charge in [0.05, 0.1) is 5.69 Å². The molecule has 3 nitrogen and oxygen atoms in total. The summed E-state index contributed by atoms with van der Waals surface area (Å²) in [6.07, 6.45) is 4.37. The average molecular weight is 310 g/mol. The summed E-state index contributed by atoms with van der Waals surface area (Å²) in [5.41, 5.74) is 1.19. The Balaban J connectivity index is 1.87. The molecule has 0 saturated heterocycles. The highest BCUT2D eigenvalue weighted by atomic mass is 19.1. The monoisotopic (exact) mass is 310 g/mol. The Hall–Kier alpha value is -3.08. The summed E-state index contributed by atoms with van der Waals surface area (Å²) >= 11 is 0. The van der Waals surface area contributed by atoms with Gasteiger partial charge in [0.2, 0.25) is 5.91 Å². The van der Waals surface area contributed by atoms with E-state index < -0.39 is 17.5 Å². The summed E-state index contributed by atoms with van der Waals surface area (Å²) < 4.78 is 27.1. The van der Waals surface area contributed by atoms with Crippen LogP contribution < -0.4 is 5.32 Å². The van der Waals surface area contributed by atoms with Crippen molar-refractivity contribution in [2.45, 2.75) is 0 Å². The molecule has 2 aromatic carbocycles. The van der Waals surface area contributed by atoms with Gasteiger partial charge in [-0.1, -0.05) is 30.3 Å². The van der Waals surface area contributed by atoms with E-state index in [-0.39, 0.29) is 10.9 Å². The predicted molar refractivity (Wildman–Crippen MR) is 85.8 cm³/mol. The number of amides is 1. The van der Waals surface area contributed by atoms with E-state index in [1.54, 1.807) is 6.08 Å². The van der Waals surface area contributed by atoms with Gasteiger partial charge in [0.25, 0.3) is 0 Å². The molecule has 0 aliphatic rings. The highest BCUT2D eigenvalue weighted by molar-refractivity contribution is 6.06. The van der Waals surface area contributed by atoms with Crippen molar-refractivity contribution in [3.05, 3.63) is 78.0 Å². The maximum absolute atomic E-state index is 13.7. The molecule has 0 aliphatic carbocycles. The number of hydrogen-bond donors (Lipinski definition) is 1. The number of fused-ring (bicyclic) bond motifs is 1. The number of benzene rings is 2. The number of hydrogen-bond acceptors (Lipinski definition) is 2. The van der Waals surface area contributed by atoms with Crippen molar-refractivity contribution >= 4 is 28.6 Å². The predicted octanol–water partition coefficient (Wildman–Crippen LogP) is 4.16. The number of pyridine rings is 1. The van der Waals surface area contributed by atoms with E-state index in [0.717, 1.165) is 17.7 Å². The second-order valence-electron chi connectivity index (χ2n) is 4.88. The van der Waals surface area contributed by atoms with Crippen LogP contribution in [0.4, 0.5) is 14.5 Å². The van der Waals surface area contributed by atoms with Crippen molar-refractivity contribution in [3.8, 4) is 0 Å². The zero-order valence-electron chi connectivity index (χ0n) is 12.0. The minimum Gasteiger partial charge on any atom is -0.322 e. The van der Waals surface area contributed by atoms with E-state index in [2.05, 4.69) is 10.3 Å². The first kappa shape index (κ1) is 14.8. The number of anilines is 1. The van der Waals surface area contributed by atoms with Crippen LogP contribution in [0.5, 0.6) is 0 Å². The van der Waals surface area contributed by atoms with Gasteiger partial charge in [0.15, 0.2) is 5.82 Å². The molecule has 3 rings (SSSR count). The van der Waals surface area contributed by atoms with E-state index in [1.165, 1.54) is 18.3 Å². The Morgan fingerprint density at radius 2 is 1.87 bits per heavy atom. The van der Waals surface area contributed by atoms with Gasteiger partial charge in [-0.05, 0) is 23.8 Å². The van der Waals surface area contributed by atoms with Gasteiger partial charge in [0.1, 0.15) is 11.3 Å². The maximum Gasteiger partial charge on any atom is 0.248 e. The Morgan fingerprint density at radius 3 is 2.65 bits per heavy atom. The minimum atomic E-state index is -0.768. The molecule has 0 fully saturated rings. The number of carbonyl (C=O) groups excluding carboxylic acids is 1. The molecule has 0 aliphatic heterocycles. The Kier molecular flexibility index (Phi) is 4.10. The topological polar surface area (TPSA) is 42.0 Å². The van der Waals surface area contributed by atoms with Gasteiger partial charge in [-0.2, -0.15) is 0 Å². The van der Waals surface area contributed by atoms with Gasteiger partial charge in [0, 0.05) is 23.7 Å². The molecule has 1 heterocycles. The van der Waals surface area contributed by atoms with E-state index in [9.17, 15) is 13.6 Å². The van der Waals surface area contributed by atoms with Gasteiger partial charge >= 0.3 is 0 Å². The van der Waals surface area contributed by atoms with Crippen LogP contribution >= 0.6 is 0 Å². The fraction of sp³-hybridized carbons (Fsp3) is 0. The van der Waals surface area contributed by atoms with Crippen LogP contribution in [-0.2, 0) is 4.79 Å². The molecule has 0 bridgehead atoms. The molecule has 1 amide bonds. The fourth-order valence-corrected chi connectivity index (χ4v) is 2.20. The Bertz CT molecular complexity index is 892. The van der Waals surface area contributed by atoms with Crippen LogP contribution in [0.2, 0.25) is 0 Å². The number of carbonyl (C=O) groups is 1. The first-order valence-electron chi connectivity index (χ1n) is 6.91. The molecule has 1 aromatic heterocycles. The van der Waals surface area contributed by atoms with Crippen LogP contribution in [0, 0.1) is 11.6 Å². The van der Waals surface area contributed by atoms with E-state index in [4.69, 9.17) is 0 Å². The van der Waals surface area contributed by atoms with Crippen LogP contribution in [-0.4, -0.2) is 10.9 Å². The third-order valence-corrected chi connectivity index (χ3v) is 3.25. The van der Waals surface area contributed by atoms with Crippen molar-refractivity contribution in [2.24, 2.45) is 0 Å². The van der Waals surface area contributed by atoms with Crippen LogP contribution in [0.1, 0.15) is 5.56 Å². The SMILES string of the molecule is O=C(/C=C/c1ccccc1)Nc1ccnc2c(F)cc(F)cc12. The fourth-order valence-electron chi connectivity index (χ4n) is 2.20. The highest BCUT2D eigenvalue weighted by Gasteiger charge is 2.10. The van der Waals surface area contributed by atoms with Crippen LogP contribution in [0.3, 0.4) is 0 Å². The molecule has 0 saturated carbocycles. The normalized spacial score (nSPS) is 11.0. The Labute approximate surface area is 131 Å². The number of halogens is 2. The molecule has 5 heteroatoms. The average Bonchev–Trinajstić information content (AvgIpc) is 2.55. The molecule has 23 heavy (non-hydrogen) atoms. The first-order chi connectivity index (χ1) is 11.1. The third-order valence-electron chi connectivity index (χ3n) is 3.25. The Morgan fingerprint density at radius 1 is 1.09 bits per heavy atom. The molecule has 114 valence electrons. The zero-order chi connectivity index (χ0) is 16.2. The maximum atomic E-state index is 13.7. The lowest BCUT2D eigenvalue weighted by molar-refractivity contribution is -0.111. The summed E-state index contributed by atoms with van der Waals surface area (Å²) in [5, 5.41) is 2.82. The zero-order valence-corrected chi connectivity index (χ0v) is 12.0. The van der Waals surface area contributed by atoms with Crippen LogP contribution in [0.15, 0.2) is 60.8 Å². The molecular weight excluding hydrogens is 298 g/mol. The summed E-state index contributed by atoms with van der Waals surface area (Å²) in [6, 6.07) is 12.7. The second-order valence-corrected chi connectivity index (χ2v) is 4.88. The van der Waals surface area contributed by atoms with Crippen molar-refractivity contribution in [1.29, 1.82) is 0 Å². The van der Waals surface area contributed by atoms with E-state index in [1.807, 2.05) is 30.3 Å². The summed E-state index contributed by atoms with van der Waals surface area (Å²) in [4.78, 5) is 15.9.